The van der Waals surface area contributed by atoms with Gasteiger partial charge in [-0.25, -0.2) is 0 Å². The molecule has 0 spiro atoms. The van der Waals surface area contributed by atoms with Gasteiger partial charge in [-0.2, -0.15) is 5.10 Å². The summed E-state index contributed by atoms with van der Waals surface area (Å²) in [6.07, 6.45) is 10.5. The Morgan fingerprint density at radius 1 is 1.03 bits per heavy atom. The first-order valence-electron chi connectivity index (χ1n) is 11.7. The fourth-order valence-electron chi connectivity index (χ4n) is 4.12. The highest BCUT2D eigenvalue weighted by atomic mass is 16.5. The average molecular weight is 465 g/mol. The second kappa shape index (κ2) is 10.3. The maximum atomic E-state index is 5.92. The molecule has 6 nitrogen and oxygen atoms in total. The first-order valence-corrected chi connectivity index (χ1v) is 11.7. The van der Waals surface area contributed by atoms with Crippen molar-refractivity contribution < 1.29 is 9.47 Å². The Morgan fingerprint density at radius 3 is 2.83 bits per heavy atom. The van der Waals surface area contributed by atoms with Gasteiger partial charge in [-0.3, -0.25) is 10.1 Å². The molecule has 0 saturated heterocycles. The number of nitrogens with one attached hydrogen (secondary N) is 2. The third-order valence-corrected chi connectivity index (χ3v) is 6.09. The van der Waals surface area contributed by atoms with Crippen LogP contribution in [0.25, 0.3) is 23.1 Å². The standard InChI is InChI=1S/C29H28N4O2/c1-20(14-24-7-9-26(17-29(24)34-2)35-19-22-4-3-12-30-18-22)28-16-25(32-33-28)8-5-21-6-10-27-23(15-21)11-13-31-27/h3-13,15-18,20,31H,14,19H2,1-2H3,(H,32,33)/b8-5+. The van der Waals surface area contributed by atoms with Gasteiger partial charge >= 0.3 is 0 Å². The van der Waals surface area contributed by atoms with Crippen LogP contribution in [0, 0.1) is 0 Å². The van der Waals surface area contributed by atoms with Gasteiger partial charge in [0.15, 0.2) is 0 Å². The predicted molar refractivity (Wildman–Crippen MR) is 139 cm³/mol. The lowest BCUT2D eigenvalue weighted by atomic mass is 9.97. The minimum Gasteiger partial charge on any atom is -0.496 e. The summed E-state index contributed by atoms with van der Waals surface area (Å²) < 4.78 is 11.6. The number of hydrogen-bond acceptors (Lipinski definition) is 4. The molecule has 1 unspecified atom stereocenters. The quantitative estimate of drug-likeness (QED) is 0.265. The molecule has 0 bridgehead atoms. The molecule has 3 aromatic heterocycles. The Labute approximate surface area is 204 Å². The molecule has 0 aliphatic carbocycles. The Bertz CT molecular complexity index is 1440. The molecule has 3 heterocycles. The monoisotopic (exact) mass is 464 g/mol. The lowest BCUT2D eigenvalue weighted by Crippen LogP contribution is -2.02. The fourth-order valence-corrected chi connectivity index (χ4v) is 4.12. The van der Waals surface area contributed by atoms with E-state index in [1.807, 2.05) is 42.7 Å². The molecule has 2 N–H and O–H groups in total. The number of ether oxygens (including phenoxy) is 2. The van der Waals surface area contributed by atoms with E-state index in [2.05, 4.69) is 69.6 Å². The van der Waals surface area contributed by atoms with E-state index >= 15 is 0 Å². The number of fused-ring (bicyclic) bond motifs is 1. The van der Waals surface area contributed by atoms with Crippen molar-refractivity contribution >= 4 is 23.1 Å². The van der Waals surface area contributed by atoms with Crippen molar-refractivity contribution in [1.82, 2.24) is 20.2 Å². The molecule has 0 radical (unpaired) electrons. The van der Waals surface area contributed by atoms with Crippen molar-refractivity contribution in [3.63, 3.8) is 0 Å². The zero-order valence-electron chi connectivity index (χ0n) is 19.9. The van der Waals surface area contributed by atoms with Crippen LogP contribution < -0.4 is 9.47 Å². The van der Waals surface area contributed by atoms with E-state index in [0.29, 0.717) is 6.61 Å². The first kappa shape index (κ1) is 22.5. The van der Waals surface area contributed by atoms with Gasteiger partial charge in [0.1, 0.15) is 18.1 Å². The van der Waals surface area contributed by atoms with Crippen LogP contribution in [0.3, 0.4) is 0 Å². The maximum Gasteiger partial charge on any atom is 0.125 e. The summed E-state index contributed by atoms with van der Waals surface area (Å²) >= 11 is 0. The number of aromatic amines is 2. The van der Waals surface area contributed by atoms with Gasteiger partial charge in [-0.1, -0.05) is 31.2 Å². The summed E-state index contributed by atoms with van der Waals surface area (Å²) in [4.78, 5) is 7.35. The highest BCUT2D eigenvalue weighted by Crippen LogP contribution is 2.30. The topological polar surface area (TPSA) is 75.8 Å². The summed E-state index contributed by atoms with van der Waals surface area (Å²) in [7, 11) is 1.69. The number of nitrogens with zero attached hydrogens (tertiary/aromatic N) is 2. The third kappa shape index (κ3) is 5.44. The number of aromatic nitrogens is 4. The van der Waals surface area contributed by atoms with E-state index in [9.17, 15) is 0 Å². The normalized spacial score (nSPS) is 12.3. The van der Waals surface area contributed by atoms with E-state index in [4.69, 9.17) is 9.47 Å². The minimum absolute atomic E-state index is 0.247. The largest absolute Gasteiger partial charge is 0.496 e. The Morgan fingerprint density at radius 2 is 1.97 bits per heavy atom. The number of methoxy groups -OCH3 is 1. The molecule has 0 fully saturated rings. The van der Waals surface area contributed by atoms with Crippen molar-refractivity contribution in [2.75, 3.05) is 7.11 Å². The van der Waals surface area contributed by atoms with Crippen LogP contribution in [0.1, 0.15) is 40.9 Å². The smallest absolute Gasteiger partial charge is 0.125 e. The molecule has 2 aromatic carbocycles. The molecule has 5 aromatic rings. The highest BCUT2D eigenvalue weighted by molar-refractivity contribution is 5.83. The van der Waals surface area contributed by atoms with E-state index in [1.54, 1.807) is 13.3 Å². The number of pyridine rings is 1. The van der Waals surface area contributed by atoms with E-state index < -0.39 is 0 Å². The maximum absolute atomic E-state index is 5.92. The molecular weight excluding hydrogens is 436 g/mol. The van der Waals surface area contributed by atoms with Crippen molar-refractivity contribution in [1.29, 1.82) is 0 Å². The van der Waals surface area contributed by atoms with Crippen LogP contribution in [-0.2, 0) is 13.0 Å². The van der Waals surface area contributed by atoms with Crippen molar-refractivity contribution in [2.45, 2.75) is 25.9 Å². The summed E-state index contributed by atoms with van der Waals surface area (Å²) in [5.41, 5.74) is 6.43. The molecule has 0 saturated carbocycles. The van der Waals surface area contributed by atoms with Crippen LogP contribution in [0.15, 0.2) is 79.3 Å². The predicted octanol–water partition coefficient (Wildman–Crippen LogP) is 6.39. The van der Waals surface area contributed by atoms with Crippen LogP contribution in [0.4, 0.5) is 0 Å². The average Bonchev–Trinajstić information content (AvgIpc) is 3.57. The molecule has 6 heteroatoms. The molecule has 1 atom stereocenters. The van der Waals surface area contributed by atoms with Crippen molar-refractivity contribution in [3.05, 3.63) is 107 Å². The third-order valence-electron chi connectivity index (χ3n) is 6.09. The number of rotatable bonds is 9. The second-order valence-electron chi connectivity index (χ2n) is 8.63. The van der Waals surface area contributed by atoms with Crippen LogP contribution in [-0.4, -0.2) is 27.3 Å². The molecule has 0 aliphatic heterocycles. The molecule has 35 heavy (non-hydrogen) atoms. The second-order valence-corrected chi connectivity index (χ2v) is 8.63. The lowest BCUT2D eigenvalue weighted by Gasteiger charge is -2.15. The fraction of sp³-hybridized carbons (Fsp3) is 0.172. The van der Waals surface area contributed by atoms with Gasteiger partial charge in [0.05, 0.1) is 12.8 Å². The number of hydrogen-bond donors (Lipinski definition) is 2. The molecular formula is C29H28N4O2. The SMILES string of the molecule is COc1cc(OCc2cccnc2)ccc1CC(C)c1cc(/C=C/c2ccc3[nH]ccc3c2)n[nH]1. The van der Waals surface area contributed by atoms with Crippen molar-refractivity contribution in [2.24, 2.45) is 0 Å². The van der Waals surface area contributed by atoms with Gasteiger partial charge in [-0.05, 0) is 65.4 Å². The highest BCUT2D eigenvalue weighted by Gasteiger charge is 2.14. The Hall–Kier alpha value is -4.32. The summed E-state index contributed by atoms with van der Waals surface area (Å²) in [5.74, 6) is 1.84. The molecule has 176 valence electrons. The van der Waals surface area contributed by atoms with Gasteiger partial charge < -0.3 is 14.5 Å². The lowest BCUT2D eigenvalue weighted by molar-refractivity contribution is 0.303. The van der Waals surface area contributed by atoms with Crippen LogP contribution >= 0.6 is 0 Å². The van der Waals surface area contributed by atoms with Crippen LogP contribution in [0.5, 0.6) is 11.5 Å². The number of H-pyrrole nitrogens is 2. The minimum atomic E-state index is 0.247. The van der Waals surface area contributed by atoms with E-state index in [0.717, 1.165) is 51.5 Å². The van der Waals surface area contributed by atoms with Gasteiger partial charge in [0.25, 0.3) is 0 Å². The summed E-state index contributed by atoms with van der Waals surface area (Å²) in [5, 5.41) is 8.88. The summed E-state index contributed by atoms with van der Waals surface area (Å²) in [6.45, 7) is 2.66. The van der Waals surface area contributed by atoms with Crippen LogP contribution in [0.2, 0.25) is 0 Å². The van der Waals surface area contributed by atoms with Gasteiger partial charge in [-0.15, -0.1) is 0 Å². The molecule has 5 rings (SSSR count). The van der Waals surface area contributed by atoms with Gasteiger partial charge in [0, 0.05) is 47.3 Å². The van der Waals surface area contributed by atoms with Crippen molar-refractivity contribution in [3.8, 4) is 11.5 Å². The Balaban J connectivity index is 1.23. The Kier molecular flexibility index (Phi) is 6.61. The first-order chi connectivity index (χ1) is 17.2. The zero-order valence-corrected chi connectivity index (χ0v) is 19.9. The zero-order chi connectivity index (χ0) is 24.0. The number of benzene rings is 2. The van der Waals surface area contributed by atoms with Gasteiger partial charge in [0.2, 0.25) is 0 Å². The molecule has 0 aliphatic rings. The summed E-state index contributed by atoms with van der Waals surface area (Å²) in [6, 6.07) is 20.4. The van der Waals surface area contributed by atoms with E-state index in [1.165, 1.54) is 5.39 Å². The molecule has 0 amide bonds. The van der Waals surface area contributed by atoms with E-state index in [-0.39, 0.29) is 5.92 Å².